The lowest BCUT2D eigenvalue weighted by Crippen LogP contribution is -2.39. The number of nitrogens with one attached hydrogen (secondary N) is 1. The van der Waals surface area contributed by atoms with E-state index in [4.69, 9.17) is 14.2 Å². The molecule has 0 amide bonds. The third kappa shape index (κ3) is 11.1. The second-order valence-corrected chi connectivity index (χ2v) is 10.3. The summed E-state index contributed by atoms with van der Waals surface area (Å²) in [5, 5.41) is 11.7. The molecule has 1 fully saturated rings. The Morgan fingerprint density at radius 2 is 1.72 bits per heavy atom. The molecule has 2 heterocycles. The number of hydrogen-bond acceptors (Lipinski definition) is 8. The average Bonchev–Trinajstić information content (AvgIpc) is 3.11. The first-order valence-corrected chi connectivity index (χ1v) is 12.4. The minimum Gasteiger partial charge on any atom is -0.378 e. The summed E-state index contributed by atoms with van der Waals surface area (Å²) in [7, 11) is -1.85. The summed E-state index contributed by atoms with van der Waals surface area (Å²) in [6, 6.07) is 0.487. The van der Waals surface area contributed by atoms with Gasteiger partial charge in [-0.1, -0.05) is 19.1 Å². The van der Waals surface area contributed by atoms with Crippen LogP contribution < -0.4 is 5.32 Å². The molecule has 168 valence electrons. The van der Waals surface area contributed by atoms with E-state index in [-0.39, 0.29) is 0 Å². The SMILES string of the molecule is C=S1(=O)CCN(Cc2cn(CCOCCOCCOCCNC(C)C)nn2)CC1. The molecule has 0 radical (unpaired) electrons. The molecular formula is C19H37N5O4S. The normalized spacial score (nSPS) is 17.2. The lowest BCUT2D eigenvalue weighted by atomic mass is 10.4. The number of ether oxygens (including phenoxy) is 3. The van der Waals surface area contributed by atoms with Gasteiger partial charge in [0, 0.05) is 49.9 Å². The Labute approximate surface area is 175 Å². The van der Waals surface area contributed by atoms with Crippen molar-refractivity contribution < 1.29 is 18.4 Å². The zero-order valence-corrected chi connectivity index (χ0v) is 18.7. The molecule has 0 spiro atoms. The molecule has 0 aliphatic carbocycles. The van der Waals surface area contributed by atoms with Crippen LogP contribution in [0.3, 0.4) is 0 Å². The van der Waals surface area contributed by atoms with E-state index in [9.17, 15) is 4.21 Å². The predicted octanol–water partition coefficient (Wildman–Crippen LogP) is -0.142. The first-order valence-electron chi connectivity index (χ1n) is 10.4. The summed E-state index contributed by atoms with van der Waals surface area (Å²) in [5.74, 6) is 5.13. The standard InChI is InChI=1S/C19H37N5O4S/c1-18(2)20-4-8-26-10-12-28-13-11-27-9-5-24-17-19(21-22-24)16-23-6-14-29(3,25)15-7-23/h17-18,20H,3-16H2,1-2H3. The maximum absolute atomic E-state index is 11.9. The summed E-state index contributed by atoms with van der Waals surface area (Å²) in [5.41, 5.74) is 0.925. The molecular weight excluding hydrogens is 394 g/mol. The summed E-state index contributed by atoms with van der Waals surface area (Å²) in [6.07, 6.45) is 1.95. The van der Waals surface area contributed by atoms with E-state index in [1.165, 1.54) is 0 Å². The molecule has 1 aliphatic rings. The van der Waals surface area contributed by atoms with Gasteiger partial charge in [0.2, 0.25) is 0 Å². The lowest BCUT2D eigenvalue weighted by Gasteiger charge is -2.27. The van der Waals surface area contributed by atoms with Gasteiger partial charge in [-0.15, -0.1) is 5.10 Å². The molecule has 1 aromatic heterocycles. The van der Waals surface area contributed by atoms with Gasteiger partial charge in [0.05, 0.1) is 51.9 Å². The molecule has 10 heteroatoms. The lowest BCUT2D eigenvalue weighted by molar-refractivity contribution is 0.0131. The molecule has 1 aromatic rings. The average molecular weight is 432 g/mol. The van der Waals surface area contributed by atoms with Crippen molar-refractivity contribution in [3.63, 3.8) is 0 Å². The van der Waals surface area contributed by atoms with Crippen LogP contribution in [0.15, 0.2) is 6.20 Å². The summed E-state index contributed by atoms with van der Waals surface area (Å²) in [6.45, 7) is 11.6. The highest BCUT2D eigenvalue weighted by Gasteiger charge is 2.18. The number of nitrogens with zero attached hydrogens (tertiary/aromatic N) is 4. The van der Waals surface area contributed by atoms with Gasteiger partial charge < -0.3 is 19.5 Å². The fraction of sp³-hybridized carbons (Fsp3) is 0.842. The van der Waals surface area contributed by atoms with Gasteiger partial charge in [-0.05, 0) is 15.4 Å². The highest BCUT2D eigenvalue weighted by atomic mass is 32.2. The maximum Gasteiger partial charge on any atom is 0.0967 e. The highest BCUT2D eigenvalue weighted by molar-refractivity contribution is 8.00. The zero-order valence-electron chi connectivity index (χ0n) is 17.9. The van der Waals surface area contributed by atoms with Crippen LogP contribution in [0.25, 0.3) is 0 Å². The van der Waals surface area contributed by atoms with Gasteiger partial charge in [0.1, 0.15) is 0 Å². The third-order valence-electron chi connectivity index (χ3n) is 4.54. The van der Waals surface area contributed by atoms with Crippen molar-refractivity contribution in [1.82, 2.24) is 25.2 Å². The van der Waals surface area contributed by atoms with Crippen molar-refractivity contribution in [2.24, 2.45) is 0 Å². The zero-order chi connectivity index (χ0) is 21.0. The van der Waals surface area contributed by atoms with Gasteiger partial charge in [0.25, 0.3) is 0 Å². The largest absolute Gasteiger partial charge is 0.378 e. The second-order valence-electron chi connectivity index (χ2n) is 7.57. The fourth-order valence-electron chi connectivity index (χ4n) is 2.83. The quantitative estimate of drug-likeness (QED) is 0.303. The topological polar surface area (TPSA) is 90.7 Å². The number of hydrogen-bond donors (Lipinski definition) is 1. The van der Waals surface area contributed by atoms with Crippen LogP contribution in [0.5, 0.6) is 0 Å². The van der Waals surface area contributed by atoms with E-state index in [2.05, 4.69) is 40.2 Å². The fourth-order valence-corrected chi connectivity index (χ4v) is 4.22. The van der Waals surface area contributed by atoms with Crippen molar-refractivity contribution in [2.75, 3.05) is 70.8 Å². The van der Waals surface area contributed by atoms with Gasteiger partial charge in [-0.3, -0.25) is 9.11 Å². The van der Waals surface area contributed by atoms with Gasteiger partial charge in [-0.25, -0.2) is 4.68 Å². The third-order valence-corrected chi connectivity index (χ3v) is 6.39. The van der Waals surface area contributed by atoms with Crippen LogP contribution in [0, 0.1) is 0 Å². The molecule has 0 unspecified atom stereocenters. The summed E-state index contributed by atoms with van der Waals surface area (Å²) in [4.78, 5) is 2.25. The first kappa shape index (κ1) is 24.2. The molecule has 2 rings (SSSR count). The van der Waals surface area contributed by atoms with Gasteiger partial charge in [0.15, 0.2) is 0 Å². The van der Waals surface area contributed by atoms with E-state index >= 15 is 0 Å². The van der Waals surface area contributed by atoms with Crippen molar-refractivity contribution in [3.8, 4) is 0 Å². The maximum atomic E-state index is 11.9. The van der Waals surface area contributed by atoms with Gasteiger partial charge >= 0.3 is 0 Å². The molecule has 1 aliphatic heterocycles. The first-order chi connectivity index (χ1) is 13.9. The molecule has 0 bridgehead atoms. The van der Waals surface area contributed by atoms with E-state index in [1.54, 1.807) is 4.68 Å². The Morgan fingerprint density at radius 1 is 1.10 bits per heavy atom. The number of aromatic nitrogens is 3. The van der Waals surface area contributed by atoms with Crippen LogP contribution in [-0.2, 0) is 36.8 Å². The summed E-state index contributed by atoms with van der Waals surface area (Å²) < 4.78 is 30.2. The van der Waals surface area contributed by atoms with E-state index < -0.39 is 9.52 Å². The predicted molar refractivity (Wildman–Crippen MR) is 116 cm³/mol. The van der Waals surface area contributed by atoms with Crippen LogP contribution in [0.2, 0.25) is 0 Å². The minimum absolute atomic E-state index is 0.487. The van der Waals surface area contributed by atoms with Crippen molar-refractivity contribution >= 4 is 15.4 Å². The molecule has 0 saturated carbocycles. The molecule has 1 saturated heterocycles. The molecule has 0 aromatic carbocycles. The van der Waals surface area contributed by atoms with E-state index in [1.807, 2.05) is 6.20 Å². The van der Waals surface area contributed by atoms with Gasteiger partial charge in [-0.2, -0.15) is 0 Å². The van der Waals surface area contributed by atoms with E-state index in [0.29, 0.717) is 63.7 Å². The van der Waals surface area contributed by atoms with Crippen LogP contribution in [0.1, 0.15) is 19.5 Å². The summed E-state index contributed by atoms with van der Waals surface area (Å²) >= 11 is 0. The molecule has 0 atom stereocenters. The van der Waals surface area contributed by atoms with Crippen molar-refractivity contribution in [2.45, 2.75) is 33.0 Å². The molecule has 29 heavy (non-hydrogen) atoms. The van der Waals surface area contributed by atoms with Crippen molar-refractivity contribution in [3.05, 3.63) is 11.9 Å². The Morgan fingerprint density at radius 3 is 2.38 bits per heavy atom. The monoisotopic (exact) mass is 431 g/mol. The smallest absolute Gasteiger partial charge is 0.0967 e. The van der Waals surface area contributed by atoms with E-state index in [0.717, 1.165) is 31.9 Å². The highest BCUT2D eigenvalue weighted by Crippen LogP contribution is 2.07. The van der Waals surface area contributed by atoms with Crippen LogP contribution >= 0.6 is 0 Å². The van der Waals surface area contributed by atoms with Crippen LogP contribution in [0.4, 0.5) is 0 Å². The van der Waals surface area contributed by atoms with Crippen molar-refractivity contribution in [1.29, 1.82) is 0 Å². The number of rotatable bonds is 15. The second kappa shape index (κ2) is 13.3. The Kier molecular flexibility index (Phi) is 11.1. The Hall–Kier alpha value is -1.04. The Bertz CT molecular complexity index is 651. The molecule has 1 N–H and O–H groups in total. The molecule has 9 nitrogen and oxygen atoms in total. The Balaban J connectivity index is 1.43. The van der Waals surface area contributed by atoms with Crippen LogP contribution in [-0.4, -0.2) is 107 Å². The minimum atomic E-state index is -1.85.